The zero-order valence-corrected chi connectivity index (χ0v) is 11.2. The van der Waals surface area contributed by atoms with E-state index in [-0.39, 0.29) is 0 Å². The van der Waals surface area contributed by atoms with Gasteiger partial charge in [0, 0.05) is 9.92 Å². The van der Waals surface area contributed by atoms with Crippen molar-refractivity contribution in [3.63, 3.8) is 0 Å². The molecule has 2 aromatic rings. The molecule has 1 heterocycles. The van der Waals surface area contributed by atoms with Gasteiger partial charge >= 0.3 is 5.91 Å². The fourth-order valence-corrected chi connectivity index (χ4v) is 2.87. The van der Waals surface area contributed by atoms with Crippen molar-refractivity contribution in [1.82, 2.24) is 0 Å². The van der Waals surface area contributed by atoms with Gasteiger partial charge in [0.2, 0.25) is 0 Å². The lowest BCUT2D eigenvalue weighted by Gasteiger charge is -2.14. The Morgan fingerprint density at radius 1 is 0.947 bits per heavy atom. The maximum Gasteiger partial charge on any atom is 0.309 e. The molecule has 0 unspecified atom stereocenters. The van der Waals surface area contributed by atoms with Crippen LogP contribution in [-0.4, -0.2) is 11.7 Å². The van der Waals surface area contributed by atoms with Gasteiger partial charge in [-0.3, -0.25) is 9.59 Å². The Morgan fingerprint density at radius 3 is 2.37 bits per heavy atom. The number of benzene rings is 2. The molecule has 19 heavy (non-hydrogen) atoms. The van der Waals surface area contributed by atoms with Gasteiger partial charge in [0.05, 0.1) is 11.3 Å². The van der Waals surface area contributed by atoms with E-state index in [1.807, 2.05) is 12.1 Å². The van der Waals surface area contributed by atoms with Crippen molar-refractivity contribution in [2.45, 2.75) is 4.90 Å². The Labute approximate surface area is 119 Å². The van der Waals surface area contributed by atoms with Crippen molar-refractivity contribution in [2.75, 3.05) is 4.31 Å². The summed E-state index contributed by atoms with van der Waals surface area (Å²) >= 11 is 7.04. The van der Waals surface area contributed by atoms with E-state index in [2.05, 4.69) is 0 Å². The summed E-state index contributed by atoms with van der Waals surface area (Å²) in [5, 5.41) is 0.633. The molecule has 0 fully saturated rings. The minimum atomic E-state index is -0.513. The number of anilines is 1. The molecule has 0 saturated carbocycles. The third kappa shape index (κ3) is 2.13. The minimum Gasteiger partial charge on any atom is -0.283 e. The fraction of sp³-hybridized carbons (Fsp3) is 0. The summed E-state index contributed by atoms with van der Waals surface area (Å²) in [4.78, 5) is 24.6. The van der Waals surface area contributed by atoms with E-state index >= 15 is 0 Å². The Kier molecular flexibility index (Phi) is 3.05. The minimum absolute atomic E-state index is 0.453. The average molecular weight is 290 g/mol. The summed E-state index contributed by atoms with van der Waals surface area (Å²) in [5.41, 5.74) is 1.09. The molecular formula is C14H8ClNO2S. The molecule has 0 spiro atoms. The van der Waals surface area contributed by atoms with Crippen LogP contribution in [0.5, 0.6) is 0 Å². The number of carbonyl (C=O) groups excluding carboxylic acids is 2. The highest BCUT2D eigenvalue weighted by atomic mass is 35.5. The van der Waals surface area contributed by atoms with Gasteiger partial charge in [-0.05, 0) is 48.3 Å². The van der Waals surface area contributed by atoms with Crippen LogP contribution in [0, 0.1) is 0 Å². The second-order valence-corrected chi connectivity index (χ2v) is 5.45. The maximum atomic E-state index is 12.0. The molecular weight excluding hydrogens is 282 g/mol. The SMILES string of the molecule is O=C1C(=O)N(Sc2ccc(Cl)cc2)c2ccccc21. The van der Waals surface area contributed by atoms with Crippen LogP contribution in [0.4, 0.5) is 5.69 Å². The molecule has 0 aromatic heterocycles. The first-order valence-electron chi connectivity index (χ1n) is 5.58. The molecule has 3 rings (SSSR count). The normalized spacial score (nSPS) is 13.8. The van der Waals surface area contributed by atoms with Crippen LogP contribution in [0.25, 0.3) is 0 Å². The second-order valence-electron chi connectivity index (χ2n) is 3.99. The highest BCUT2D eigenvalue weighted by Gasteiger charge is 2.36. The number of para-hydroxylation sites is 1. The summed E-state index contributed by atoms with van der Waals surface area (Å²) in [6.07, 6.45) is 0. The number of ketones is 1. The Bertz CT molecular complexity index is 669. The van der Waals surface area contributed by atoms with Crippen LogP contribution in [0.3, 0.4) is 0 Å². The van der Waals surface area contributed by atoms with Crippen molar-refractivity contribution < 1.29 is 9.59 Å². The number of hydrogen-bond donors (Lipinski definition) is 0. The fourth-order valence-electron chi connectivity index (χ4n) is 1.85. The molecule has 0 bridgehead atoms. The zero-order valence-electron chi connectivity index (χ0n) is 9.67. The number of amides is 1. The van der Waals surface area contributed by atoms with E-state index < -0.39 is 11.7 Å². The number of hydrogen-bond acceptors (Lipinski definition) is 3. The second kappa shape index (κ2) is 4.72. The highest BCUT2D eigenvalue weighted by Crippen LogP contribution is 2.37. The molecule has 3 nitrogen and oxygen atoms in total. The standard InChI is InChI=1S/C14H8ClNO2S/c15-9-5-7-10(8-6-9)19-16-12-4-2-1-3-11(12)13(17)14(16)18/h1-8H. The number of nitrogens with zero attached hydrogens (tertiary/aromatic N) is 1. The monoisotopic (exact) mass is 289 g/mol. The molecule has 0 radical (unpaired) electrons. The quantitative estimate of drug-likeness (QED) is 0.626. The molecule has 0 aliphatic carbocycles. The molecule has 0 atom stereocenters. The summed E-state index contributed by atoms with van der Waals surface area (Å²) in [7, 11) is 0. The van der Waals surface area contributed by atoms with Crippen molar-refractivity contribution in [2.24, 2.45) is 0 Å². The van der Waals surface area contributed by atoms with Gasteiger partial charge < -0.3 is 0 Å². The smallest absolute Gasteiger partial charge is 0.283 e. The van der Waals surface area contributed by atoms with Gasteiger partial charge in [-0.25, -0.2) is 4.31 Å². The lowest BCUT2D eigenvalue weighted by molar-refractivity contribution is -0.113. The largest absolute Gasteiger partial charge is 0.309 e. The average Bonchev–Trinajstić information content (AvgIpc) is 2.67. The predicted molar refractivity (Wildman–Crippen MR) is 75.6 cm³/mol. The molecule has 0 saturated heterocycles. The van der Waals surface area contributed by atoms with E-state index in [1.54, 1.807) is 36.4 Å². The summed E-state index contributed by atoms with van der Waals surface area (Å²) in [6.45, 7) is 0. The maximum absolute atomic E-state index is 12.0. The number of rotatable bonds is 2. The lowest BCUT2D eigenvalue weighted by Crippen LogP contribution is -2.22. The van der Waals surface area contributed by atoms with Crippen LogP contribution in [0.15, 0.2) is 53.4 Å². The van der Waals surface area contributed by atoms with Gasteiger partial charge in [0.15, 0.2) is 0 Å². The van der Waals surface area contributed by atoms with E-state index in [9.17, 15) is 9.59 Å². The van der Waals surface area contributed by atoms with Crippen LogP contribution >= 0.6 is 23.5 Å². The third-order valence-corrected chi connectivity index (χ3v) is 4.04. The number of carbonyl (C=O) groups is 2. The van der Waals surface area contributed by atoms with Crippen LogP contribution in [0.2, 0.25) is 5.02 Å². The first-order valence-corrected chi connectivity index (χ1v) is 6.73. The van der Waals surface area contributed by atoms with Crippen LogP contribution < -0.4 is 4.31 Å². The van der Waals surface area contributed by atoms with Crippen LogP contribution in [0.1, 0.15) is 10.4 Å². The van der Waals surface area contributed by atoms with Gasteiger partial charge in [0.1, 0.15) is 0 Å². The van der Waals surface area contributed by atoms with E-state index in [0.29, 0.717) is 16.3 Å². The van der Waals surface area contributed by atoms with Gasteiger partial charge in [0.25, 0.3) is 5.78 Å². The molecule has 1 aliphatic heterocycles. The van der Waals surface area contributed by atoms with E-state index in [0.717, 1.165) is 4.90 Å². The van der Waals surface area contributed by atoms with Gasteiger partial charge in [-0.2, -0.15) is 0 Å². The highest BCUT2D eigenvalue weighted by molar-refractivity contribution is 8.01. The van der Waals surface area contributed by atoms with Gasteiger partial charge in [-0.1, -0.05) is 23.7 Å². The summed E-state index contributed by atoms with van der Waals surface area (Å²) < 4.78 is 1.42. The lowest BCUT2D eigenvalue weighted by atomic mass is 10.1. The number of Topliss-reactive ketones (excluding diaryl/α,β-unsaturated/α-hetero) is 1. The molecule has 1 amide bonds. The molecule has 5 heteroatoms. The van der Waals surface area contributed by atoms with Crippen LogP contribution in [-0.2, 0) is 4.79 Å². The van der Waals surface area contributed by atoms with Crippen molar-refractivity contribution in [1.29, 1.82) is 0 Å². The third-order valence-electron chi connectivity index (χ3n) is 2.76. The Morgan fingerprint density at radius 2 is 1.63 bits per heavy atom. The van der Waals surface area contributed by atoms with Crippen molar-refractivity contribution in [3.8, 4) is 0 Å². The van der Waals surface area contributed by atoms with Crippen molar-refractivity contribution in [3.05, 3.63) is 59.1 Å². The number of fused-ring (bicyclic) bond motifs is 1. The van der Waals surface area contributed by atoms with E-state index in [4.69, 9.17) is 11.6 Å². The Hall–Kier alpha value is -1.78. The zero-order chi connectivity index (χ0) is 13.4. The molecule has 94 valence electrons. The number of halogens is 1. The van der Waals surface area contributed by atoms with E-state index in [1.165, 1.54) is 16.3 Å². The summed E-state index contributed by atoms with van der Waals surface area (Å²) in [5.74, 6) is -0.974. The molecule has 1 aliphatic rings. The van der Waals surface area contributed by atoms with Gasteiger partial charge in [-0.15, -0.1) is 0 Å². The Balaban J connectivity index is 1.95. The molecule has 2 aromatic carbocycles. The summed E-state index contributed by atoms with van der Waals surface area (Å²) in [6, 6.07) is 14.1. The first-order chi connectivity index (χ1) is 9.16. The van der Waals surface area contributed by atoms with Crippen molar-refractivity contribution >= 4 is 40.9 Å². The topological polar surface area (TPSA) is 37.4 Å². The molecule has 0 N–H and O–H groups in total. The first kappa shape index (κ1) is 12.3. The predicted octanol–water partition coefficient (Wildman–Crippen LogP) is 3.58.